The maximum absolute atomic E-state index is 12.6. The summed E-state index contributed by atoms with van der Waals surface area (Å²) in [4.78, 5) is 2.65. The van der Waals surface area contributed by atoms with Crippen molar-refractivity contribution in [2.24, 2.45) is 0 Å². The van der Waals surface area contributed by atoms with Crippen molar-refractivity contribution in [2.45, 2.75) is 56.4 Å². The van der Waals surface area contributed by atoms with Crippen LogP contribution in [0.1, 0.15) is 50.2 Å². The zero-order valence-corrected chi connectivity index (χ0v) is 17.9. The maximum atomic E-state index is 12.6. The van der Waals surface area contributed by atoms with Crippen molar-refractivity contribution in [3.05, 3.63) is 41.0 Å². The van der Waals surface area contributed by atoms with Gasteiger partial charge in [-0.25, -0.2) is 8.42 Å². The van der Waals surface area contributed by atoms with Gasteiger partial charge >= 0.3 is 0 Å². The number of sulfonamides is 1. The van der Waals surface area contributed by atoms with Crippen LogP contribution in [-0.4, -0.2) is 62.6 Å². The summed E-state index contributed by atoms with van der Waals surface area (Å²) >= 11 is 0. The molecule has 1 aliphatic carbocycles. The Morgan fingerprint density at radius 1 is 1.14 bits per heavy atom. The van der Waals surface area contributed by atoms with Crippen molar-refractivity contribution in [1.29, 1.82) is 0 Å². The van der Waals surface area contributed by atoms with E-state index in [1.807, 2.05) is 31.2 Å². The molecule has 0 spiro atoms. The first-order valence-corrected chi connectivity index (χ1v) is 12.0. The van der Waals surface area contributed by atoms with Gasteiger partial charge in [-0.3, -0.25) is 4.90 Å². The van der Waals surface area contributed by atoms with E-state index in [0.717, 1.165) is 24.4 Å². The fourth-order valence-electron chi connectivity index (χ4n) is 4.35. The molecule has 0 bridgehead atoms. The Bertz CT molecular complexity index is 812. The molecule has 0 amide bonds. The number of ether oxygens (including phenoxy) is 1. The maximum Gasteiger partial charge on any atom is 0.218 e. The van der Waals surface area contributed by atoms with Crippen molar-refractivity contribution >= 4 is 16.1 Å². The molecule has 2 saturated heterocycles. The van der Waals surface area contributed by atoms with E-state index in [4.69, 9.17) is 4.74 Å². The first kappa shape index (κ1) is 20.1. The average molecular weight is 405 g/mol. The molecule has 1 aromatic carbocycles. The molecule has 3 aliphatic rings. The van der Waals surface area contributed by atoms with Crippen molar-refractivity contribution in [3.8, 4) is 0 Å². The van der Waals surface area contributed by atoms with Gasteiger partial charge in [-0.2, -0.15) is 4.31 Å². The summed E-state index contributed by atoms with van der Waals surface area (Å²) in [5.41, 5.74) is 3.18. The Kier molecular flexibility index (Phi) is 5.67. The Labute approximate surface area is 169 Å². The Hall–Kier alpha value is -1.21. The third kappa shape index (κ3) is 4.35. The summed E-state index contributed by atoms with van der Waals surface area (Å²) in [6.45, 7) is 5.19. The highest BCUT2D eigenvalue weighted by molar-refractivity contribution is 7.88. The van der Waals surface area contributed by atoms with E-state index in [0.29, 0.717) is 13.1 Å². The van der Waals surface area contributed by atoms with Gasteiger partial charge in [-0.05, 0) is 43.7 Å². The Balaban J connectivity index is 1.31. The minimum atomic E-state index is -3.28. The normalized spacial score (nSPS) is 23.9. The summed E-state index contributed by atoms with van der Waals surface area (Å²) in [5, 5.41) is 0. The quantitative estimate of drug-likeness (QED) is 0.730. The molecular formula is C22H32N2O3S. The van der Waals surface area contributed by atoms with E-state index >= 15 is 0 Å². The lowest BCUT2D eigenvalue weighted by atomic mass is 9.89. The van der Waals surface area contributed by atoms with Crippen LogP contribution in [0.3, 0.4) is 0 Å². The van der Waals surface area contributed by atoms with E-state index in [1.165, 1.54) is 47.8 Å². The lowest BCUT2D eigenvalue weighted by molar-refractivity contribution is -0.0769. The molecule has 0 radical (unpaired) electrons. The number of nitrogens with zero attached hydrogens (tertiary/aromatic N) is 2. The van der Waals surface area contributed by atoms with Crippen LogP contribution >= 0.6 is 0 Å². The van der Waals surface area contributed by atoms with Gasteiger partial charge in [-0.15, -0.1) is 0 Å². The largest absolute Gasteiger partial charge is 0.376 e. The predicted octanol–water partition coefficient (Wildman–Crippen LogP) is 3.27. The second-order valence-electron chi connectivity index (χ2n) is 8.84. The minimum absolute atomic E-state index is 0.0555. The number of rotatable bonds is 6. The predicted molar refractivity (Wildman–Crippen MR) is 112 cm³/mol. The lowest BCUT2D eigenvalue weighted by Crippen LogP contribution is -2.62. The molecule has 2 aliphatic heterocycles. The van der Waals surface area contributed by atoms with Gasteiger partial charge in [0.25, 0.3) is 0 Å². The monoisotopic (exact) mass is 404 g/mol. The highest BCUT2D eigenvalue weighted by atomic mass is 32.2. The van der Waals surface area contributed by atoms with Gasteiger partial charge < -0.3 is 4.74 Å². The van der Waals surface area contributed by atoms with E-state index in [1.54, 1.807) is 7.11 Å². The molecule has 154 valence electrons. The number of hydrogen-bond donors (Lipinski definition) is 0. The molecule has 1 aromatic rings. The van der Waals surface area contributed by atoms with Gasteiger partial charge in [0.2, 0.25) is 10.0 Å². The number of likely N-dealkylation sites (tertiary alicyclic amines) is 1. The lowest BCUT2D eigenvalue weighted by Gasteiger charge is -2.45. The molecular weight excluding hydrogens is 372 g/mol. The Morgan fingerprint density at radius 3 is 2.32 bits per heavy atom. The zero-order chi connectivity index (χ0) is 19.8. The number of hydrogen-bond acceptors (Lipinski definition) is 4. The van der Waals surface area contributed by atoms with Crippen LogP contribution in [-0.2, 0) is 20.5 Å². The van der Waals surface area contributed by atoms with Crippen LogP contribution in [0.5, 0.6) is 0 Å². The van der Waals surface area contributed by atoms with Crippen LogP contribution in [0.4, 0.5) is 0 Å². The van der Waals surface area contributed by atoms with Crippen molar-refractivity contribution in [1.82, 2.24) is 9.21 Å². The summed E-state index contributed by atoms with van der Waals surface area (Å²) < 4.78 is 32.0. The van der Waals surface area contributed by atoms with E-state index in [-0.39, 0.29) is 11.4 Å². The molecule has 0 N–H and O–H groups in total. The zero-order valence-electron chi connectivity index (χ0n) is 17.1. The highest BCUT2D eigenvalue weighted by Gasteiger charge is 2.44. The fourth-order valence-corrected chi connectivity index (χ4v) is 6.08. The molecule has 0 unspecified atom stereocenters. The second kappa shape index (κ2) is 7.90. The first-order valence-electron chi connectivity index (χ1n) is 10.4. The number of benzene rings is 1. The van der Waals surface area contributed by atoms with Gasteiger partial charge in [0.1, 0.15) is 0 Å². The molecule has 2 heterocycles. The number of methoxy groups -OCH3 is 1. The third-order valence-corrected chi connectivity index (χ3v) is 8.38. The van der Waals surface area contributed by atoms with Crippen molar-refractivity contribution < 1.29 is 13.2 Å². The van der Waals surface area contributed by atoms with E-state index in [9.17, 15) is 8.42 Å². The average Bonchev–Trinajstić information content (AvgIpc) is 2.60. The summed E-state index contributed by atoms with van der Waals surface area (Å²) in [5.74, 6) is 0.0555. The van der Waals surface area contributed by atoms with E-state index < -0.39 is 10.0 Å². The molecule has 1 saturated carbocycles. The Morgan fingerprint density at radius 2 is 1.79 bits per heavy atom. The topological polar surface area (TPSA) is 49.9 Å². The molecule has 4 rings (SSSR count). The van der Waals surface area contributed by atoms with Gasteiger partial charge in [0.15, 0.2) is 0 Å². The summed E-state index contributed by atoms with van der Waals surface area (Å²) in [6, 6.07) is 8.83. The van der Waals surface area contributed by atoms with Crippen LogP contribution in [0.2, 0.25) is 0 Å². The van der Waals surface area contributed by atoms with Crippen molar-refractivity contribution in [3.63, 3.8) is 0 Å². The second-order valence-corrected chi connectivity index (χ2v) is 10.8. The SMILES string of the molecule is COC1(C)CN(S(=O)(=O)Cc2ccc(C=C3CCN(C4CCC4)CC3)cc2)C1. The van der Waals surface area contributed by atoms with Crippen molar-refractivity contribution in [2.75, 3.05) is 33.3 Å². The van der Waals surface area contributed by atoms with Crippen LogP contribution in [0, 0.1) is 0 Å². The fraction of sp³-hybridized carbons (Fsp3) is 0.636. The summed E-state index contributed by atoms with van der Waals surface area (Å²) in [7, 11) is -1.64. The van der Waals surface area contributed by atoms with Crippen LogP contribution in [0.15, 0.2) is 29.8 Å². The summed E-state index contributed by atoms with van der Waals surface area (Å²) in [6.07, 6.45) is 8.75. The molecule has 3 fully saturated rings. The smallest absolute Gasteiger partial charge is 0.218 e. The number of piperidine rings is 1. The van der Waals surface area contributed by atoms with Gasteiger partial charge in [-0.1, -0.05) is 42.3 Å². The molecule has 0 aromatic heterocycles. The molecule has 5 nitrogen and oxygen atoms in total. The first-order chi connectivity index (χ1) is 13.4. The highest BCUT2D eigenvalue weighted by Crippen LogP contribution is 2.30. The third-order valence-electron chi connectivity index (χ3n) is 6.64. The minimum Gasteiger partial charge on any atom is -0.376 e. The van der Waals surface area contributed by atoms with Gasteiger partial charge in [0, 0.05) is 39.3 Å². The molecule has 0 atom stereocenters. The van der Waals surface area contributed by atoms with E-state index in [2.05, 4.69) is 11.0 Å². The molecule has 6 heteroatoms. The molecule has 28 heavy (non-hydrogen) atoms. The standard InChI is InChI=1S/C22H32N2O3S/c1-22(27-2)16-24(17-22)28(25,26)15-20-8-6-18(7-9-20)14-19-10-12-23(13-11-19)21-4-3-5-21/h6-9,14,21H,3-5,10-13,15-17H2,1-2H3. The van der Waals surface area contributed by atoms with Crippen LogP contribution in [0.25, 0.3) is 6.08 Å². The van der Waals surface area contributed by atoms with Crippen LogP contribution < -0.4 is 0 Å². The van der Waals surface area contributed by atoms with Gasteiger partial charge in [0.05, 0.1) is 11.4 Å².